The van der Waals surface area contributed by atoms with Crippen LogP contribution in [0, 0.1) is 12.3 Å². The van der Waals surface area contributed by atoms with Gasteiger partial charge in [-0.25, -0.2) is 4.99 Å². The van der Waals surface area contributed by atoms with Crippen LogP contribution in [0.5, 0.6) is 0 Å². The molecule has 0 fully saturated rings. The number of guanidine groups is 1. The van der Waals surface area contributed by atoms with E-state index in [9.17, 15) is 4.79 Å². The Morgan fingerprint density at radius 1 is 1.31 bits per heavy atom. The van der Waals surface area contributed by atoms with Crippen LogP contribution in [0.3, 0.4) is 0 Å². The number of aliphatic imine (C=N–C) groups is 1. The van der Waals surface area contributed by atoms with Gasteiger partial charge in [0.05, 0.1) is 18.8 Å². The van der Waals surface area contributed by atoms with Gasteiger partial charge < -0.3 is 20.7 Å². The van der Waals surface area contributed by atoms with E-state index in [1.165, 1.54) is 0 Å². The SMILES string of the molecule is C#CCNC(=O)CCNC(=NCc1ccccn1)NCCCOCC.I. The molecule has 0 atom stereocenters. The number of terminal acetylenes is 1. The van der Waals surface area contributed by atoms with Crippen molar-refractivity contribution >= 4 is 35.8 Å². The third-order valence-electron chi connectivity index (χ3n) is 3.12. The molecule has 7 nitrogen and oxygen atoms in total. The quantitative estimate of drug-likeness (QED) is 0.148. The monoisotopic (exact) mass is 473 g/mol. The van der Waals surface area contributed by atoms with Gasteiger partial charge >= 0.3 is 0 Å². The molecule has 0 spiro atoms. The van der Waals surface area contributed by atoms with Crippen molar-refractivity contribution in [2.24, 2.45) is 4.99 Å². The van der Waals surface area contributed by atoms with Crippen LogP contribution < -0.4 is 16.0 Å². The fourth-order valence-electron chi connectivity index (χ4n) is 1.88. The maximum Gasteiger partial charge on any atom is 0.222 e. The first kappa shape index (κ1) is 24.1. The molecule has 144 valence electrons. The molecule has 0 aliphatic carbocycles. The number of amides is 1. The number of hydrogen-bond acceptors (Lipinski definition) is 4. The Bertz CT molecular complexity index is 560. The molecule has 0 aliphatic rings. The summed E-state index contributed by atoms with van der Waals surface area (Å²) >= 11 is 0. The standard InChI is InChI=1S/C18H27N5O2.HI/c1-3-10-20-17(24)9-13-22-18(21-12-7-14-25-4-2)23-15-16-8-5-6-11-19-16;/h1,5-6,8,11H,4,7,9-10,12-15H2,2H3,(H,20,24)(H2,21,22,23);1H. The predicted molar refractivity (Wildman–Crippen MR) is 114 cm³/mol. The highest BCUT2D eigenvalue weighted by atomic mass is 127. The van der Waals surface area contributed by atoms with Crippen LogP contribution in [0.25, 0.3) is 0 Å². The van der Waals surface area contributed by atoms with Gasteiger partial charge in [-0.1, -0.05) is 12.0 Å². The maximum absolute atomic E-state index is 11.6. The first-order valence-electron chi connectivity index (χ1n) is 8.46. The van der Waals surface area contributed by atoms with Gasteiger partial charge in [-0.3, -0.25) is 9.78 Å². The number of rotatable bonds is 11. The summed E-state index contributed by atoms with van der Waals surface area (Å²) in [6.45, 7) is 5.30. The van der Waals surface area contributed by atoms with Crippen LogP contribution in [-0.2, 0) is 16.1 Å². The minimum Gasteiger partial charge on any atom is -0.382 e. The van der Waals surface area contributed by atoms with Gasteiger partial charge in [0.1, 0.15) is 0 Å². The Hall–Kier alpha value is -1.86. The molecule has 1 amide bonds. The molecule has 0 aromatic carbocycles. The van der Waals surface area contributed by atoms with Gasteiger partial charge in [0.2, 0.25) is 5.91 Å². The van der Waals surface area contributed by atoms with Crippen molar-refractivity contribution in [3.05, 3.63) is 30.1 Å². The van der Waals surface area contributed by atoms with Crippen molar-refractivity contribution in [1.82, 2.24) is 20.9 Å². The van der Waals surface area contributed by atoms with Gasteiger partial charge in [0, 0.05) is 38.9 Å². The van der Waals surface area contributed by atoms with Crippen molar-refractivity contribution in [2.45, 2.75) is 26.3 Å². The van der Waals surface area contributed by atoms with Crippen LogP contribution in [0.15, 0.2) is 29.4 Å². The number of carbonyl (C=O) groups excluding carboxylic acids is 1. The normalized spacial score (nSPS) is 10.4. The summed E-state index contributed by atoms with van der Waals surface area (Å²) in [6, 6.07) is 5.72. The molecule has 1 aromatic rings. The highest BCUT2D eigenvalue weighted by Crippen LogP contribution is 1.95. The van der Waals surface area contributed by atoms with E-state index in [1.807, 2.05) is 25.1 Å². The summed E-state index contributed by atoms with van der Waals surface area (Å²) in [5.41, 5.74) is 0.879. The third-order valence-corrected chi connectivity index (χ3v) is 3.12. The lowest BCUT2D eigenvalue weighted by atomic mass is 10.3. The molecule has 0 unspecified atom stereocenters. The van der Waals surface area contributed by atoms with Gasteiger partial charge in [0.15, 0.2) is 5.96 Å². The van der Waals surface area contributed by atoms with Gasteiger partial charge in [-0.2, -0.15) is 0 Å². The van der Waals surface area contributed by atoms with Crippen LogP contribution in [0.4, 0.5) is 0 Å². The Morgan fingerprint density at radius 3 is 2.81 bits per heavy atom. The zero-order valence-corrected chi connectivity index (χ0v) is 17.5. The van der Waals surface area contributed by atoms with E-state index in [1.54, 1.807) is 6.20 Å². The second kappa shape index (κ2) is 16.6. The molecule has 1 heterocycles. The Kier molecular flexibility index (Phi) is 15.4. The van der Waals surface area contributed by atoms with E-state index in [0.717, 1.165) is 18.7 Å². The number of nitrogens with one attached hydrogen (secondary N) is 3. The summed E-state index contributed by atoms with van der Waals surface area (Å²) < 4.78 is 5.32. The fourth-order valence-corrected chi connectivity index (χ4v) is 1.88. The number of nitrogens with zero attached hydrogens (tertiary/aromatic N) is 2. The van der Waals surface area contributed by atoms with Gasteiger partial charge in [0.25, 0.3) is 0 Å². The lowest BCUT2D eigenvalue weighted by Gasteiger charge is -2.12. The number of carbonyl (C=O) groups is 1. The highest BCUT2D eigenvalue weighted by Gasteiger charge is 2.02. The van der Waals surface area contributed by atoms with E-state index < -0.39 is 0 Å². The van der Waals surface area contributed by atoms with Crippen molar-refractivity contribution < 1.29 is 9.53 Å². The summed E-state index contributed by atoms with van der Waals surface area (Å²) in [6.07, 6.45) is 8.05. The number of pyridine rings is 1. The molecular formula is C18H28IN5O2. The second-order valence-corrected chi connectivity index (χ2v) is 5.12. The Balaban J connectivity index is 0.00000625. The number of halogens is 1. The number of hydrogen-bond donors (Lipinski definition) is 3. The van der Waals surface area contributed by atoms with E-state index >= 15 is 0 Å². The summed E-state index contributed by atoms with van der Waals surface area (Å²) in [7, 11) is 0. The van der Waals surface area contributed by atoms with Gasteiger partial charge in [-0.15, -0.1) is 30.4 Å². The zero-order chi connectivity index (χ0) is 18.2. The van der Waals surface area contributed by atoms with E-state index in [0.29, 0.717) is 38.7 Å². The smallest absolute Gasteiger partial charge is 0.222 e. The molecule has 0 saturated carbocycles. The zero-order valence-electron chi connectivity index (χ0n) is 15.2. The largest absolute Gasteiger partial charge is 0.382 e. The minimum absolute atomic E-state index is 0. The minimum atomic E-state index is -0.0918. The van der Waals surface area contributed by atoms with Crippen molar-refractivity contribution in [2.75, 3.05) is 32.8 Å². The van der Waals surface area contributed by atoms with E-state index in [2.05, 4.69) is 31.8 Å². The maximum atomic E-state index is 11.6. The average Bonchev–Trinajstić information content (AvgIpc) is 2.64. The lowest BCUT2D eigenvalue weighted by molar-refractivity contribution is -0.120. The second-order valence-electron chi connectivity index (χ2n) is 5.12. The highest BCUT2D eigenvalue weighted by molar-refractivity contribution is 14.0. The molecule has 0 radical (unpaired) electrons. The first-order valence-corrected chi connectivity index (χ1v) is 8.46. The topological polar surface area (TPSA) is 87.6 Å². The molecule has 1 rings (SSSR count). The van der Waals surface area contributed by atoms with Crippen molar-refractivity contribution in [3.8, 4) is 12.3 Å². The van der Waals surface area contributed by atoms with Crippen LogP contribution in [0.2, 0.25) is 0 Å². The average molecular weight is 473 g/mol. The lowest BCUT2D eigenvalue weighted by Crippen LogP contribution is -2.40. The predicted octanol–water partition coefficient (Wildman–Crippen LogP) is 1.30. The Morgan fingerprint density at radius 2 is 2.12 bits per heavy atom. The van der Waals surface area contributed by atoms with Crippen LogP contribution in [-0.4, -0.2) is 49.7 Å². The molecule has 8 heteroatoms. The molecule has 26 heavy (non-hydrogen) atoms. The van der Waals surface area contributed by atoms with Gasteiger partial charge in [-0.05, 0) is 25.5 Å². The van der Waals surface area contributed by atoms with Crippen molar-refractivity contribution in [3.63, 3.8) is 0 Å². The van der Waals surface area contributed by atoms with Crippen LogP contribution >= 0.6 is 24.0 Å². The molecule has 0 aliphatic heterocycles. The summed E-state index contributed by atoms with van der Waals surface area (Å²) in [4.78, 5) is 20.3. The number of aromatic nitrogens is 1. The molecule has 0 bridgehead atoms. The van der Waals surface area contributed by atoms with E-state index in [-0.39, 0.29) is 36.4 Å². The van der Waals surface area contributed by atoms with Crippen LogP contribution in [0.1, 0.15) is 25.5 Å². The number of ether oxygens (including phenoxy) is 1. The van der Waals surface area contributed by atoms with E-state index in [4.69, 9.17) is 11.2 Å². The summed E-state index contributed by atoms with van der Waals surface area (Å²) in [5.74, 6) is 2.93. The first-order chi connectivity index (χ1) is 12.3. The Labute approximate surface area is 172 Å². The molecule has 1 aromatic heterocycles. The summed E-state index contributed by atoms with van der Waals surface area (Å²) in [5, 5.41) is 9.01. The molecular weight excluding hydrogens is 445 g/mol. The fraction of sp³-hybridized carbons (Fsp3) is 0.500. The third kappa shape index (κ3) is 12.5. The van der Waals surface area contributed by atoms with Crippen molar-refractivity contribution in [1.29, 1.82) is 0 Å². The molecule has 0 saturated heterocycles. The molecule has 3 N–H and O–H groups in total.